The van der Waals surface area contributed by atoms with E-state index in [2.05, 4.69) is 20.9 Å². The molecule has 200 valence electrons. The zero-order valence-corrected chi connectivity index (χ0v) is 21.4. The van der Waals surface area contributed by atoms with Gasteiger partial charge in [0.15, 0.2) is 5.82 Å². The Morgan fingerprint density at radius 1 is 1.08 bits per heavy atom. The molecule has 0 aliphatic carbocycles. The van der Waals surface area contributed by atoms with Gasteiger partial charge in [0.05, 0.1) is 11.9 Å². The third-order valence-electron chi connectivity index (χ3n) is 5.48. The fourth-order valence-corrected chi connectivity index (χ4v) is 3.67. The number of anilines is 2. The summed E-state index contributed by atoms with van der Waals surface area (Å²) in [6, 6.07) is 11.6. The highest BCUT2D eigenvalue weighted by atomic mass is 16.2. The van der Waals surface area contributed by atoms with Crippen molar-refractivity contribution < 1.29 is 9.59 Å². The molecule has 1 heterocycles. The topological polar surface area (TPSA) is 207 Å². The monoisotopic (exact) mass is 519 g/mol. The predicted octanol–water partition coefficient (Wildman–Crippen LogP) is 0.602. The van der Waals surface area contributed by atoms with E-state index in [1.165, 1.54) is 16.8 Å². The zero-order chi connectivity index (χ0) is 27.8. The number of amides is 2. The largest absolute Gasteiger partial charge is 0.399 e. The Labute approximate surface area is 220 Å². The summed E-state index contributed by atoms with van der Waals surface area (Å²) in [6.45, 7) is 4.24. The number of benzene rings is 2. The maximum atomic E-state index is 13.4. The molecule has 0 saturated carbocycles. The van der Waals surface area contributed by atoms with Gasteiger partial charge in [0.1, 0.15) is 12.4 Å². The van der Waals surface area contributed by atoms with Crippen LogP contribution >= 0.6 is 0 Å². The van der Waals surface area contributed by atoms with Crippen LogP contribution in [0.2, 0.25) is 0 Å². The van der Waals surface area contributed by atoms with E-state index in [-0.39, 0.29) is 48.8 Å². The SMILES string of the molecule is CC(C)Nc1ncc(-c2cc(N)cc(C(=O)NCCN)c2)n(CC(=O)NCc2ccc(C(=N)N)cc2)c1=O. The van der Waals surface area contributed by atoms with Crippen LogP contribution < -0.4 is 38.7 Å². The molecular weight excluding hydrogens is 486 g/mol. The van der Waals surface area contributed by atoms with Crippen molar-refractivity contribution in [1.29, 1.82) is 5.41 Å². The second-order valence-electron chi connectivity index (χ2n) is 8.96. The predicted molar refractivity (Wildman–Crippen MR) is 148 cm³/mol. The van der Waals surface area contributed by atoms with Gasteiger partial charge in [0, 0.05) is 48.1 Å². The van der Waals surface area contributed by atoms with E-state index in [1.807, 2.05) is 13.8 Å². The standard InChI is InChI=1S/C26H33N9O3/c1-15(2)34-24-26(38)35(14-22(36)32-12-16-3-5-17(6-4-16)23(29)30)21(13-33-24)18-9-19(11-20(28)10-18)25(37)31-8-7-27/h3-6,9-11,13,15H,7-8,12,14,27-28H2,1-2H3,(H3,29,30)(H,31,37)(H,32,36)(H,33,34). The van der Waals surface area contributed by atoms with Gasteiger partial charge in [-0.3, -0.25) is 24.4 Å². The molecule has 0 unspecified atom stereocenters. The summed E-state index contributed by atoms with van der Waals surface area (Å²) in [4.78, 5) is 43.1. The highest BCUT2D eigenvalue weighted by Gasteiger charge is 2.17. The maximum absolute atomic E-state index is 13.4. The number of hydrogen-bond donors (Lipinski definition) is 7. The number of nitrogens with zero attached hydrogens (tertiary/aromatic N) is 2. The highest BCUT2D eigenvalue weighted by molar-refractivity contribution is 5.96. The summed E-state index contributed by atoms with van der Waals surface area (Å²) in [6.07, 6.45) is 1.47. The van der Waals surface area contributed by atoms with Gasteiger partial charge in [-0.2, -0.15) is 0 Å². The minimum atomic E-state index is -0.492. The molecule has 0 atom stereocenters. The lowest BCUT2D eigenvalue weighted by molar-refractivity contribution is -0.121. The van der Waals surface area contributed by atoms with E-state index < -0.39 is 11.5 Å². The van der Waals surface area contributed by atoms with Crippen molar-refractivity contribution in [3.05, 3.63) is 75.7 Å². The molecule has 12 heteroatoms. The molecule has 38 heavy (non-hydrogen) atoms. The second-order valence-corrected chi connectivity index (χ2v) is 8.96. The Balaban J connectivity index is 1.93. The molecule has 0 aliphatic heterocycles. The van der Waals surface area contributed by atoms with Crippen molar-refractivity contribution in [2.24, 2.45) is 11.5 Å². The van der Waals surface area contributed by atoms with E-state index in [9.17, 15) is 14.4 Å². The molecule has 0 bridgehead atoms. The number of nitrogens with two attached hydrogens (primary N) is 3. The van der Waals surface area contributed by atoms with Gasteiger partial charge < -0.3 is 33.2 Å². The molecule has 2 aromatic carbocycles. The molecule has 0 radical (unpaired) electrons. The Morgan fingerprint density at radius 2 is 1.79 bits per heavy atom. The van der Waals surface area contributed by atoms with Gasteiger partial charge in [0.25, 0.3) is 11.5 Å². The lowest BCUT2D eigenvalue weighted by Crippen LogP contribution is -2.35. The van der Waals surface area contributed by atoms with Crippen molar-refractivity contribution in [2.75, 3.05) is 24.1 Å². The van der Waals surface area contributed by atoms with E-state index in [0.29, 0.717) is 29.1 Å². The lowest BCUT2D eigenvalue weighted by atomic mass is 10.1. The molecule has 10 N–H and O–H groups in total. The van der Waals surface area contributed by atoms with Crippen LogP contribution in [-0.4, -0.2) is 46.3 Å². The Kier molecular flexibility index (Phi) is 9.17. The number of hydrogen-bond acceptors (Lipinski definition) is 8. The molecule has 0 aliphatic rings. The van der Waals surface area contributed by atoms with Crippen LogP contribution in [0.25, 0.3) is 11.3 Å². The number of aromatic nitrogens is 2. The second kappa shape index (κ2) is 12.5. The smallest absolute Gasteiger partial charge is 0.294 e. The first kappa shape index (κ1) is 27.9. The summed E-state index contributed by atoms with van der Waals surface area (Å²) in [5.41, 5.74) is 19.3. The third-order valence-corrected chi connectivity index (χ3v) is 5.48. The molecule has 0 fully saturated rings. The summed E-state index contributed by atoms with van der Waals surface area (Å²) in [5.74, 6) is -0.716. The van der Waals surface area contributed by atoms with E-state index in [1.54, 1.807) is 36.4 Å². The van der Waals surface area contributed by atoms with Gasteiger partial charge in [-0.25, -0.2) is 4.98 Å². The van der Waals surface area contributed by atoms with E-state index in [0.717, 1.165) is 5.56 Å². The van der Waals surface area contributed by atoms with Crippen molar-refractivity contribution in [1.82, 2.24) is 20.2 Å². The quantitative estimate of drug-likeness (QED) is 0.108. The zero-order valence-electron chi connectivity index (χ0n) is 21.4. The normalized spacial score (nSPS) is 10.7. The minimum Gasteiger partial charge on any atom is -0.399 e. The fourth-order valence-electron chi connectivity index (χ4n) is 3.67. The van der Waals surface area contributed by atoms with Gasteiger partial charge in [-0.05, 0) is 37.6 Å². The first-order chi connectivity index (χ1) is 18.1. The minimum absolute atomic E-state index is 0.0439. The fraction of sp³-hybridized carbons (Fsp3) is 0.269. The average Bonchev–Trinajstić information content (AvgIpc) is 2.88. The number of carbonyl (C=O) groups is 2. The van der Waals surface area contributed by atoms with Crippen molar-refractivity contribution in [3.63, 3.8) is 0 Å². The van der Waals surface area contributed by atoms with Crippen molar-refractivity contribution >= 4 is 29.2 Å². The highest BCUT2D eigenvalue weighted by Crippen LogP contribution is 2.23. The van der Waals surface area contributed by atoms with Crippen molar-refractivity contribution in [3.8, 4) is 11.3 Å². The first-order valence-corrected chi connectivity index (χ1v) is 12.0. The Morgan fingerprint density at radius 3 is 2.42 bits per heavy atom. The van der Waals surface area contributed by atoms with Crippen LogP contribution in [0.1, 0.15) is 35.3 Å². The lowest BCUT2D eigenvalue weighted by Gasteiger charge is -2.17. The van der Waals surface area contributed by atoms with E-state index in [4.69, 9.17) is 22.6 Å². The Bertz CT molecular complexity index is 1380. The summed E-state index contributed by atoms with van der Waals surface area (Å²) in [7, 11) is 0. The molecular formula is C26H33N9O3. The summed E-state index contributed by atoms with van der Waals surface area (Å²) >= 11 is 0. The van der Waals surface area contributed by atoms with Crippen LogP contribution in [0.15, 0.2) is 53.5 Å². The first-order valence-electron chi connectivity index (χ1n) is 12.0. The summed E-state index contributed by atoms with van der Waals surface area (Å²) < 4.78 is 1.29. The van der Waals surface area contributed by atoms with E-state index >= 15 is 0 Å². The number of nitrogens with one attached hydrogen (secondary N) is 4. The van der Waals surface area contributed by atoms with Crippen LogP contribution in [0, 0.1) is 5.41 Å². The van der Waals surface area contributed by atoms with Crippen LogP contribution in [0.3, 0.4) is 0 Å². The number of amidine groups is 1. The van der Waals surface area contributed by atoms with Crippen LogP contribution in [0.5, 0.6) is 0 Å². The number of nitrogen functional groups attached to an aromatic ring is 2. The van der Waals surface area contributed by atoms with Crippen LogP contribution in [0.4, 0.5) is 11.5 Å². The molecule has 3 rings (SSSR count). The number of carbonyl (C=O) groups excluding carboxylic acids is 2. The molecule has 0 saturated heterocycles. The third kappa shape index (κ3) is 7.17. The van der Waals surface area contributed by atoms with Gasteiger partial charge in [0.2, 0.25) is 5.91 Å². The van der Waals surface area contributed by atoms with Gasteiger partial charge >= 0.3 is 0 Å². The number of rotatable bonds is 11. The Hall–Kier alpha value is -4.71. The molecule has 0 spiro atoms. The molecule has 12 nitrogen and oxygen atoms in total. The van der Waals surface area contributed by atoms with Crippen LogP contribution in [-0.2, 0) is 17.9 Å². The average molecular weight is 520 g/mol. The molecule has 3 aromatic rings. The van der Waals surface area contributed by atoms with Gasteiger partial charge in [-0.1, -0.05) is 24.3 Å². The molecule has 2 amide bonds. The van der Waals surface area contributed by atoms with Crippen molar-refractivity contribution in [2.45, 2.75) is 33.0 Å². The summed E-state index contributed by atoms with van der Waals surface area (Å²) in [5, 5.41) is 16.0. The maximum Gasteiger partial charge on any atom is 0.294 e. The van der Waals surface area contributed by atoms with Gasteiger partial charge in [-0.15, -0.1) is 0 Å². The molecule has 1 aromatic heterocycles.